The van der Waals surface area contributed by atoms with Crippen LogP contribution in [0.2, 0.25) is 0 Å². The van der Waals surface area contributed by atoms with Crippen LogP contribution in [0.5, 0.6) is 0 Å². The van der Waals surface area contributed by atoms with E-state index < -0.39 is 5.60 Å². The van der Waals surface area contributed by atoms with Crippen molar-refractivity contribution in [1.82, 2.24) is 0 Å². The average molecular weight is 234 g/mol. The minimum atomic E-state index is -1.03. The number of hydrogen-bond acceptors (Lipinski definition) is 4. The molecule has 1 saturated heterocycles. The summed E-state index contributed by atoms with van der Waals surface area (Å²) in [5.41, 5.74) is 0.215. The second kappa shape index (κ2) is 4.30. The molecule has 1 atom stereocenters. The van der Waals surface area contributed by atoms with E-state index in [9.17, 15) is 9.59 Å². The van der Waals surface area contributed by atoms with Gasteiger partial charge in [0.1, 0.15) is 0 Å². The Balaban J connectivity index is 2.21. The second-order valence-corrected chi connectivity index (χ2v) is 4.39. The zero-order valence-electron chi connectivity index (χ0n) is 9.60. The van der Waals surface area contributed by atoms with Gasteiger partial charge in [0, 0.05) is 18.4 Å². The molecule has 1 unspecified atom stereocenters. The number of aliphatic hydroxyl groups excluding tert-OH is 1. The Hall–Kier alpha value is -1.68. The summed E-state index contributed by atoms with van der Waals surface area (Å²) in [5, 5.41) is 8.91. The molecule has 1 N–H and O–H groups in total. The first kappa shape index (κ1) is 11.8. The molecular weight excluding hydrogens is 220 g/mol. The number of benzene rings is 1. The maximum atomic E-state index is 12.2. The monoisotopic (exact) mass is 234 g/mol. The summed E-state index contributed by atoms with van der Waals surface area (Å²) < 4.78 is 5.08. The van der Waals surface area contributed by atoms with Gasteiger partial charge in [-0.05, 0) is 12.5 Å². The SMILES string of the molecule is CC1(C(=O)c2ccc(CO)cc2)CCC(=O)O1. The molecule has 0 saturated carbocycles. The maximum Gasteiger partial charge on any atom is 0.306 e. The van der Waals surface area contributed by atoms with E-state index in [1.54, 1.807) is 31.2 Å². The first-order valence-electron chi connectivity index (χ1n) is 5.51. The van der Waals surface area contributed by atoms with E-state index in [-0.39, 0.29) is 24.8 Å². The molecule has 0 radical (unpaired) electrons. The molecule has 4 nitrogen and oxygen atoms in total. The van der Waals surface area contributed by atoms with Crippen molar-refractivity contribution in [3.63, 3.8) is 0 Å². The number of cyclic esters (lactones) is 1. The summed E-state index contributed by atoms with van der Waals surface area (Å²) in [6.07, 6.45) is 0.712. The lowest BCUT2D eigenvalue weighted by Crippen LogP contribution is -2.34. The number of hydrogen-bond donors (Lipinski definition) is 1. The number of aliphatic hydroxyl groups is 1. The van der Waals surface area contributed by atoms with Gasteiger partial charge in [-0.15, -0.1) is 0 Å². The van der Waals surface area contributed by atoms with Crippen molar-refractivity contribution in [3.8, 4) is 0 Å². The van der Waals surface area contributed by atoms with Crippen molar-refractivity contribution in [2.24, 2.45) is 0 Å². The van der Waals surface area contributed by atoms with Gasteiger partial charge < -0.3 is 9.84 Å². The van der Waals surface area contributed by atoms with Crippen LogP contribution in [0.15, 0.2) is 24.3 Å². The van der Waals surface area contributed by atoms with E-state index in [4.69, 9.17) is 9.84 Å². The van der Waals surface area contributed by atoms with E-state index >= 15 is 0 Å². The molecule has 1 aliphatic heterocycles. The second-order valence-electron chi connectivity index (χ2n) is 4.39. The van der Waals surface area contributed by atoms with Crippen LogP contribution in [0.1, 0.15) is 35.7 Å². The predicted molar refractivity (Wildman–Crippen MR) is 60.4 cm³/mol. The molecule has 0 spiro atoms. The molecule has 0 bridgehead atoms. The van der Waals surface area contributed by atoms with Gasteiger partial charge in [-0.1, -0.05) is 24.3 Å². The molecule has 1 aromatic rings. The topological polar surface area (TPSA) is 63.6 Å². The van der Waals surface area contributed by atoms with E-state index in [2.05, 4.69) is 0 Å². The highest BCUT2D eigenvalue weighted by Crippen LogP contribution is 2.29. The largest absolute Gasteiger partial charge is 0.451 e. The lowest BCUT2D eigenvalue weighted by atomic mass is 9.92. The smallest absolute Gasteiger partial charge is 0.306 e. The van der Waals surface area contributed by atoms with Crippen LogP contribution in [0, 0.1) is 0 Å². The van der Waals surface area contributed by atoms with E-state index in [0.29, 0.717) is 12.0 Å². The van der Waals surface area contributed by atoms with Crippen molar-refractivity contribution in [2.45, 2.75) is 32.0 Å². The van der Waals surface area contributed by atoms with Gasteiger partial charge >= 0.3 is 5.97 Å². The Morgan fingerprint density at radius 2 is 2.06 bits per heavy atom. The van der Waals surface area contributed by atoms with Crippen LogP contribution in [-0.4, -0.2) is 22.5 Å². The molecule has 4 heteroatoms. The Morgan fingerprint density at radius 3 is 2.53 bits per heavy atom. The van der Waals surface area contributed by atoms with Crippen molar-refractivity contribution in [2.75, 3.05) is 0 Å². The third kappa shape index (κ3) is 2.22. The molecule has 1 aromatic carbocycles. The van der Waals surface area contributed by atoms with Gasteiger partial charge in [0.15, 0.2) is 5.60 Å². The summed E-state index contributed by atoms with van der Waals surface area (Å²) in [6.45, 7) is 1.58. The van der Waals surface area contributed by atoms with Gasteiger partial charge in [0.05, 0.1) is 6.61 Å². The van der Waals surface area contributed by atoms with Crippen molar-refractivity contribution in [3.05, 3.63) is 35.4 Å². The molecule has 0 aromatic heterocycles. The fourth-order valence-corrected chi connectivity index (χ4v) is 1.92. The highest BCUT2D eigenvalue weighted by molar-refractivity contribution is 6.04. The molecule has 17 heavy (non-hydrogen) atoms. The molecule has 1 fully saturated rings. The molecular formula is C13H14O4. The fourth-order valence-electron chi connectivity index (χ4n) is 1.92. The quantitative estimate of drug-likeness (QED) is 0.635. The number of carbonyl (C=O) groups is 2. The highest BCUT2D eigenvalue weighted by Gasteiger charge is 2.42. The molecule has 1 aliphatic rings. The third-order valence-corrected chi connectivity index (χ3v) is 3.02. The Bertz CT molecular complexity index is 449. The van der Waals surface area contributed by atoms with Crippen LogP contribution >= 0.6 is 0 Å². The van der Waals surface area contributed by atoms with Gasteiger partial charge in [0.2, 0.25) is 5.78 Å². The van der Waals surface area contributed by atoms with Crippen molar-refractivity contribution < 1.29 is 19.4 Å². The predicted octanol–water partition coefficient (Wildman–Crippen LogP) is 1.46. The number of ether oxygens (including phenoxy) is 1. The normalized spacial score (nSPS) is 23.5. The molecule has 1 heterocycles. The maximum absolute atomic E-state index is 12.2. The zero-order valence-corrected chi connectivity index (χ0v) is 9.60. The van der Waals surface area contributed by atoms with Gasteiger partial charge in [-0.2, -0.15) is 0 Å². The summed E-state index contributed by atoms with van der Waals surface area (Å²) in [6, 6.07) is 6.66. The minimum Gasteiger partial charge on any atom is -0.451 e. The number of carbonyl (C=O) groups excluding carboxylic acids is 2. The standard InChI is InChI=1S/C13H14O4/c1-13(7-6-11(15)17-13)12(16)10-4-2-9(8-14)3-5-10/h2-5,14H,6-8H2,1H3. The van der Waals surface area contributed by atoms with E-state index in [0.717, 1.165) is 5.56 Å². The van der Waals surface area contributed by atoms with Crippen LogP contribution < -0.4 is 0 Å². The number of ketones is 1. The summed E-state index contributed by atoms with van der Waals surface area (Å²) in [4.78, 5) is 23.3. The van der Waals surface area contributed by atoms with Gasteiger partial charge in [-0.3, -0.25) is 9.59 Å². The first-order valence-corrected chi connectivity index (χ1v) is 5.51. The van der Waals surface area contributed by atoms with Crippen LogP contribution in [-0.2, 0) is 16.1 Å². The summed E-state index contributed by atoms with van der Waals surface area (Å²) in [7, 11) is 0. The number of esters is 1. The molecule has 2 rings (SSSR count). The van der Waals surface area contributed by atoms with Crippen molar-refractivity contribution in [1.29, 1.82) is 0 Å². The number of Topliss-reactive ketones (excluding diaryl/α,β-unsaturated/α-hetero) is 1. The van der Waals surface area contributed by atoms with Crippen LogP contribution in [0.4, 0.5) is 0 Å². The molecule has 90 valence electrons. The Morgan fingerprint density at radius 1 is 1.41 bits per heavy atom. The fraction of sp³-hybridized carbons (Fsp3) is 0.385. The van der Waals surface area contributed by atoms with E-state index in [1.807, 2.05) is 0 Å². The molecule has 0 aliphatic carbocycles. The minimum absolute atomic E-state index is 0.0548. The van der Waals surface area contributed by atoms with Crippen LogP contribution in [0.25, 0.3) is 0 Å². The summed E-state index contributed by atoms with van der Waals surface area (Å²) >= 11 is 0. The van der Waals surface area contributed by atoms with Gasteiger partial charge in [-0.25, -0.2) is 0 Å². The summed E-state index contributed by atoms with van der Waals surface area (Å²) in [5.74, 6) is -0.513. The Labute approximate surface area is 99.2 Å². The molecule has 0 amide bonds. The van der Waals surface area contributed by atoms with Gasteiger partial charge in [0.25, 0.3) is 0 Å². The van der Waals surface area contributed by atoms with E-state index in [1.165, 1.54) is 0 Å². The third-order valence-electron chi connectivity index (χ3n) is 3.02. The highest BCUT2D eigenvalue weighted by atomic mass is 16.6. The Kier molecular flexibility index (Phi) is 2.98. The average Bonchev–Trinajstić information content (AvgIpc) is 2.70. The lowest BCUT2D eigenvalue weighted by Gasteiger charge is -2.20. The van der Waals surface area contributed by atoms with Crippen molar-refractivity contribution >= 4 is 11.8 Å². The van der Waals surface area contributed by atoms with Crippen LogP contribution in [0.3, 0.4) is 0 Å². The number of rotatable bonds is 3. The zero-order chi connectivity index (χ0) is 12.5. The first-order chi connectivity index (χ1) is 8.05. The lowest BCUT2D eigenvalue weighted by molar-refractivity contribution is -0.144.